The second kappa shape index (κ2) is 3.33. The molecule has 15 heavy (non-hydrogen) atoms. The molecule has 0 bridgehead atoms. The van der Waals surface area contributed by atoms with Gasteiger partial charge in [0.05, 0.1) is 13.2 Å². The normalized spacial score (nSPS) is 38.9. The molecule has 6 heteroatoms. The first kappa shape index (κ1) is 10.7. The second-order valence-electron chi connectivity index (χ2n) is 4.33. The Bertz CT molecular complexity index is 280. The van der Waals surface area contributed by atoms with Crippen LogP contribution in [-0.2, 0) is 14.2 Å². The largest absolute Gasteiger partial charge is 0.447 e. The number of carbonyl (C=O) groups is 1. The van der Waals surface area contributed by atoms with Crippen molar-refractivity contribution in [2.45, 2.75) is 31.3 Å². The van der Waals surface area contributed by atoms with Crippen molar-refractivity contribution in [3.8, 4) is 0 Å². The van der Waals surface area contributed by atoms with Gasteiger partial charge in [0.15, 0.2) is 5.79 Å². The number of rotatable bonds is 1. The SMILES string of the molecule is CC1(C)OC[C@]2(COC(=O)N2)[C@@H](CO)O1. The van der Waals surface area contributed by atoms with E-state index in [1.165, 1.54) is 0 Å². The lowest BCUT2D eigenvalue weighted by Crippen LogP contribution is -2.65. The van der Waals surface area contributed by atoms with E-state index in [-0.39, 0.29) is 19.8 Å². The Kier molecular flexibility index (Phi) is 2.37. The highest BCUT2D eigenvalue weighted by molar-refractivity contribution is 5.71. The third-order valence-electron chi connectivity index (χ3n) is 2.70. The summed E-state index contributed by atoms with van der Waals surface area (Å²) in [5.41, 5.74) is -0.749. The van der Waals surface area contributed by atoms with Gasteiger partial charge in [0.1, 0.15) is 18.2 Å². The van der Waals surface area contributed by atoms with Crippen LogP contribution in [0, 0.1) is 0 Å². The van der Waals surface area contributed by atoms with Crippen LogP contribution in [0.1, 0.15) is 13.8 Å². The van der Waals surface area contributed by atoms with Crippen LogP contribution in [0.4, 0.5) is 4.79 Å². The van der Waals surface area contributed by atoms with Gasteiger partial charge in [-0.3, -0.25) is 0 Å². The van der Waals surface area contributed by atoms with Crippen LogP contribution in [0.25, 0.3) is 0 Å². The van der Waals surface area contributed by atoms with E-state index in [1.54, 1.807) is 13.8 Å². The fourth-order valence-electron chi connectivity index (χ4n) is 1.82. The van der Waals surface area contributed by atoms with Crippen molar-refractivity contribution in [3.63, 3.8) is 0 Å². The molecule has 0 radical (unpaired) electrons. The topological polar surface area (TPSA) is 77.0 Å². The molecule has 0 aromatic rings. The zero-order valence-electron chi connectivity index (χ0n) is 8.78. The minimum atomic E-state index is -0.749. The third kappa shape index (κ3) is 1.80. The summed E-state index contributed by atoms with van der Waals surface area (Å²) >= 11 is 0. The van der Waals surface area contributed by atoms with Gasteiger partial charge in [0.25, 0.3) is 0 Å². The van der Waals surface area contributed by atoms with Gasteiger partial charge in [-0.1, -0.05) is 0 Å². The molecule has 0 aromatic carbocycles. The number of amides is 1. The summed E-state index contributed by atoms with van der Waals surface area (Å²) in [5.74, 6) is -0.744. The van der Waals surface area contributed by atoms with Gasteiger partial charge in [0.2, 0.25) is 0 Å². The monoisotopic (exact) mass is 217 g/mol. The molecule has 2 fully saturated rings. The molecule has 2 rings (SSSR count). The maximum Gasteiger partial charge on any atom is 0.407 e. The van der Waals surface area contributed by atoms with Crippen LogP contribution >= 0.6 is 0 Å². The number of hydrogen-bond acceptors (Lipinski definition) is 5. The van der Waals surface area contributed by atoms with E-state index >= 15 is 0 Å². The summed E-state index contributed by atoms with van der Waals surface area (Å²) < 4.78 is 15.8. The number of aliphatic hydroxyl groups is 1. The van der Waals surface area contributed by atoms with E-state index in [9.17, 15) is 9.90 Å². The molecule has 6 nitrogen and oxygen atoms in total. The van der Waals surface area contributed by atoms with Crippen LogP contribution in [-0.4, -0.2) is 48.5 Å². The fraction of sp³-hybridized carbons (Fsp3) is 0.889. The van der Waals surface area contributed by atoms with Crippen LogP contribution in [0.15, 0.2) is 0 Å². The number of cyclic esters (lactones) is 1. The molecular weight excluding hydrogens is 202 g/mol. The molecule has 2 heterocycles. The second-order valence-corrected chi connectivity index (χ2v) is 4.33. The smallest absolute Gasteiger partial charge is 0.407 e. The summed E-state index contributed by atoms with van der Waals surface area (Å²) in [6, 6.07) is 0. The number of aliphatic hydroxyl groups excluding tert-OH is 1. The van der Waals surface area contributed by atoms with Crippen LogP contribution < -0.4 is 5.32 Å². The highest BCUT2D eigenvalue weighted by Gasteiger charge is 2.53. The highest BCUT2D eigenvalue weighted by Crippen LogP contribution is 2.31. The lowest BCUT2D eigenvalue weighted by Gasteiger charge is -2.45. The first-order valence-electron chi connectivity index (χ1n) is 4.85. The Morgan fingerprint density at radius 3 is 2.80 bits per heavy atom. The van der Waals surface area contributed by atoms with E-state index in [1.807, 2.05) is 0 Å². The minimum Gasteiger partial charge on any atom is -0.447 e. The summed E-state index contributed by atoms with van der Waals surface area (Å²) in [5, 5.41) is 11.9. The molecule has 1 spiro atoms. The lowest BCUT2D eigenvalue weighted by molar-refractivity contribution is -0.305. The quantitative estimate of drug-likeness (QED) is 0.625. The molecule has 0 aliphatic carbocycles. The van der Waals surface area contributed by atoms with Crippen LogP contribution in [0.5, 0.6) is 0 Å². The predicted octanol–water partition coefficient (Wildman–Crippen LogP) is -0.391. The molecule has 86 valence electrons. The van der Waals surface area contributed by atoms with E-state index < -0.39 is 23.5 Å². The molecular formula is C9H15NO5. The minimum absolute atomic E-state index is 0.160. The highest BCUT2D eigenvalue weighted by atomic mass is 16.7. The van der Waals surface area contributed by atoms with E-state index in [4.69, 9.17) is 14.2 Å². The average molecular weight is 217 g/mol. The van der Waals surface area contributed by atoms with Gasteiger partial charge in [-0.15, -0.1) is 0 Å². The number of nitrogens with one attached hydrogen (secondary N) is 1. The van der Waals surface area contributed by atoms with E-state index in [0.29, 0.717) is 0 Å². The predicted molar refractivity (Wildman–Crippen MR) is 49.2 cm³/mol. The Morgan fingerprint density at radius 2 is 2.27 bits per heavy atom. The summed E-state index contributed by atoms with van der Waals surface area (Å²) in [7, 11) is 0. The van der Waals surface area contributed by atoms with Gasteiger partial charge in [-0.05, 0) is 13.8 Å². The first-order chi connectivity index (χ1) is 6.97. The molecule has 2 saturated heterocycles. The summed E-state index contributed by atoms with van der Waals surface area (Å²) in [6.07, 6.45) is -1.01. The number of carbonyl (C=O) groups excluding carboxylic acids is 1. The first-order valence-corrected chi connectivity index (χ1v) is 4.85. The molecule has 2 N–H and O–H groups in total. The molecule has 2 aliphatic heterocycles. The maximum atomic E-state index is 11.0. The van der Waals surface area contributed by atoms with Gasteiger partial charge >= 0.3 is 6.09 Å². The van der Waals surface area contributed by atoms with Crippen molar-refractivity contribution in [2.24, 2.45) is 0 Å². The van der Waals surface area contributed by atoms with Crippen molar-refractivity contribution < 1.29 is 24.1 Å². The molecule has 1 amide bonds. The standard InChI is InChI=1S/C9H15NO5/c1-8(2)14-5-9(6(3-11)15-8)4-13-7(12)10-9/h6,11H,3-5H2,1-2H3,(H,10,12)/t6-,9-/m1/s1. The number of hydrogen-bond donors (Lipinski definition) is 2. The van der Waals surface area contributed by atoms with Crippen LogP contribution in [0.3, 0.4) is 0 Å². The Morgan fingerprint density at radius 1 is 1.53 bits per heavy atom. The van der Waals surface area contributed by atoms with Crippen molar-refractivity contribution in [2.75, 3.05) is 19.8 Å². The molecule has 0 aromatic heterocycles. The van der Waals surface area contributed by atoms with E-state index in [0.717, 1.165) is 0 Å². The molecule has 2 atom stereocenters. The van der Waals surface area contributed by atoms with Gasteiger partial charge in [-0.2, -0.15) is 0 Å². The summed E-state index contributed by atoms with van der Waals surface area (Å²) in [4.78, 5) is 11.0. The maximum absolute atomic E-state index is 11.0. The zero-order chi connectivity index (χ0) is 11.1. The van der Waals surface area contributed by atoms with Crippen molar-refractivity contribution in [1.29, 1.82) is 0 Å². The molecule has 0 unspecified atom stereocenters. The lowest BCUT2D eigenvalue weighted by atomic mass is 9.93. The zero-order valence-corrected chi connectivity index (χ0v) is 8.78. The van der Waals surface area contributed by atoms with Crippen molar-refractivity contribution in [1.82, 2.24) is 5.32 Å². The Labute approximate surface area is 87.5 Å². The Balaban J connectivity index is 2.16. The van der Waals surface area contributed by atoms with Gasteiger partial charge < -0.3 is 24.6 Å². The number of alkyl carbamates (subject to hydrolysis) is 1. The molecule has 0 saturated carbocycles. The third-order valence-corrected chi connectivity index (χ3v) is 2.70. The Hall–Kier alpha value is -0.850. The molecule has 2 aliphatic rings. The van der Waals surface area contributed by atoms with E-state index in [2.05, 4.69) is 5.32 Å². The van der Waals surface area contributed by atoms with Gasteiger partial charge in [0, 0.05) is 0 Å². The van der Waals surface area contributed by atoms with Gasteiger partial charge in [-0.25, -0.2) is 4.79 Å². The average Bonchev–Trinajstić information content (AvgIpc) is 2.54. The summed E-state index contributed by atoms with van der Waals surface area (Å²) in [6.45, 7) is 3.78. The van der Waals surface area contributed by atoms with Crippen LogP contribution in [0.2, 0.25) is 0 Å². The fourth-order valence-corrected chi connectivity index (χ4v) is 1.82. The van der Waals surface area contributed by atoms with Crippen molar-refractivity contribution in [3.05, 3.63) is 0 Å². The van der Waals surface area contributed by atoms with Crippen molar-refractivity contribution >= 4 is 6.09 Å². The number of ether oxygens (including phenoxy) is 3.